The van der Waals surface area contributed by atoms with Gasteiger partial charge in [0.05, 0.1) is 6.10 Å². The van der Waals surface area contributed by atoms with E-state index < -0.39 is 0 Å². The molecule has 0 aromatic rings. The summed E-state index contributed by atoms with van der Waals surface area (Å²) >= 11 is 0. The van der Waals surface area contributed by atoms with Crippen LogP contribution in [-0.2, 0) is 4.79 Å². The van der Waals surface area contributed by atoms with Crippen LogP contribution in [0.2, 0.25) is 0 Å². The number of carbonyl (C=O) groups is 1. The predicted molar refractivity (Wildman–Crippen MR) is 59.1 cm³/mol. The Balaban J connectivity index is 4.14. The average Bonchev–Trinajstić information content (AvgIpc) is 2.13. The van der Waals surface area contributed by atoms with Crippen molar-refractivity contribution in [1.82, 2.24) is 0 Å². The lowest BCUT2D eigenvalue weighted by atomic mass is 9.85. The third kappa shape index (κ3) is 4.56. The minimum atomic E-state index is -0.382. The summed E-state index contributed by atoms with van der Waals surface area (Å²) < 4.78 is 0. The van der Waals surface area contributed by atoms with Crippen molar-refractivity contribution in [3.8, 4) is 0 Å². The fourth-order valence-electron chi connectivity index (χ4n) is 1.49. The van der Waals surface area contributed by atoms with E-state index in [4.69, 9.17) is 0 Å². The van der Waals surface area contributed by atoms with Crippen molar-refractivity contribution in [3.05, 3.63) is 12.7 Å². The third-order valence-electron chi connectivity index (χ3n) is 2.73. The topological polar surface area (TPSA) is 37.3 Å². The van der Waals surface area contributed by atoms with Crippen molar-refractivity contribution in [1.29, 1.82) is 0 Å². The Kier molecular flexibility index (Phi) is 6.46. The van der Waals surface area contributed by atoms with Gasteiger partial charge in [-0.3, -0.25) is 4.79 Å². The molecule has 0 heterocycles. The van der Waals surface area contributed by atoms with Crippen molar-refractivity contribution < 1.29 is 9.90 Å². The summed E-state index contributed by atoms with van der Waals surface area (Å²) in [5.74, 6) is 0.479. The predicted octanol–water partition coefficient (Wildman–Crippen LogP) is 2.56. The summed E-state index contributed by atoms with van der Waals surface area (Å²) in [4.78, 5) is 11.4. The number of ketones is 1. The van der Waals surface area contributed by atoms with E-state index in [2.05, 4.69) is 6.58 Å². The maximum absolute atomic E-state index is 11.4. The van der Waals surface area contributed by atoms with Gasteiger partial charge in [0.2, 0.25) is 0 Å². The minimum absolute atomic E-state index is 0.105. The summed E-state index contributed by atoms with van der Waals surface area (Å²) in [7, 11) is 0. The second-order valence-corrected chi connectivity index (χ2v) is 3.99. The first-order valence-electron chi connectivity index (χ1n) is 5.35. The Morgan fingerprint density at radius 3 is 2.43 bits per heavy atom. The van der Waals surface area contributed by atoms with Gasteiger partial charge in [-0.15, -0.1) is 6.58 Å². The molecule has 3 unspecified atom stereocenters. The molecule has 0 fully saturated rings. The number of hydrogen-bond donors (Lipinski definition) is 1. The lowest BCUT2D eigenvalue weighted by Gasteiger charge is -2.22. The van der Waals surface area contributed by atoms with Gasteiger partial charge in [-0.05, 0) is 25.2 Å². The molecule has 0 saturated heterocycles. The van der Waals surface area contributed by atoms with Gasteiger partial charge in [0.25, 0.3) is 0 Å². The zero-order valence-corrected chi connectivity index (χ0v) is 9.49. The number of allylic oxidation sites excluding steroid dienone is 1. The lowest BCUT2D eigenvalue weighted by Crippen LogP contribution is -2.23. The quantitative estimate of drug-likeness (QED) is 0.638. The third-order valence-corrected chi connectivity index (χ3v) is 2.73. The zero-order chi connectivity index (χ0) is 11.1. The highest BCUT2D eigenvalue weighted by molar-refractivity contribution is 5.78. The van der Waals surface area contributed by atoms with Crippen LogP contribution in [0.5, 0.6) is 0 Å². The van der Waals surface area contributed by atoms with Crippen LogP contribution in [0.1, 0.15) is 40.0 Å². The molecule has 0 bridgehead atoms. The highest BCUT2D eigenvalue weighted by Gasteiger charge is 2.20. The summed E-state index contributed by atoms with van der Waals surface area (Å²) in [5, 5.41) is 9.41. The molecule has 0 radical (unpaired) electrons. The van der Waals surface area contributed by atoms with Crippen LogP contribution in [0.15, 0.2) is 12.7 Å². The normalized spacial score (nSPS) is 17.1. The number of rotatable bonds is 7. The molecule has 2 nitrogen and oxygen atoms in total. The van der Waals surface area contributed by atoms with Gasteiger partial charge in [0, 0.05) is 12.8 Å². The van der Waals surface area contributed by atoms with E-state index in [-0.39, 0.29) is 23.7 Å². The van der Waals surface area contributed by atoms with E-state index in [1.165, 1.54) is 0 Å². The van der Waals surface area contributed by atoms with Crippen molar-refractivity contribution in [2.75, 3.05) is 0 Å². The van der Waals surface area contributed by atoms with Gasteiger partial charge in [0.15, 0.2) is 0 Å². The van der Waals surface area contributed by atoms with E-state index in [1.54, 1.807) is 13.0 Å². The summed E-state index contributed by atoms with van der Waals surface area (Å²) in [6.07, 6.45) is 3.45. The second kappa shape index (κ2) is 6.77. The molecule has 0 aliphatic carbocycles. The van der Waals surface area contributed by atoms with Gasteiger partial charge in [0.1, 0.15) is 5.78 Å². The van der Waals surface area contributed by atoms with Crippen LogP contribution < -0.4 is 0 Å². The summed E-state index contributed by atoms with van der Waals surface area (Å²) in [6, 6.07) is 0. The van der Waals surface area contributed by atoms with E-state index in [0.717, 1.165) is 6.42 Å². The molecular weight excluding hydrogens is 176 g/mol. The molecule has 0 aromatic heterocycles. The monoisotopic (exact) mass is 198 g/mol. The molecular formula is C12H22O2. The van der Waals surface area contributed by atoms with Crippen LogP contribution >= 0.6 is 0 Å². The molecule has 0 aliphatic rings. The first-order valence-corrected chi connectivity index (χ1v) is 5.35. The van der Waals surface area contributed by atoms with Crippen LogP contribution in [0, 0.1) is 11.8 Å². The first kappa shape index (κ1) is 13.4. The molecule has 1 N–H and O–H groups in total. The van der Waals surface area contributed by atoms with Gasteiger partial charge >= 0.3 is 0 Å². The van der Waals surface area contributed by atoms with E-state index in [0.29, 0.717) is 12.8 Å². The highest BCUT2D eigenvalue weighted by Crippen LogP contribution is 2.21. The molecule has 82 valence electrons. The average molecular weight is 198 g/mol. The van der Waals surface area contributed by atoms with Gasteiger partial charge in [-0.1, -0.05) is 19.9 Å². The number of aliphatic hydroxyl groups excluding tert-OH is 1. The standard InChI is InChI=1S/C12H22O2/c1-5-7-12(14)8-11(6-2)9(3)10(4)13/h6,9-11,13H,2,5,7-8H2,1,3-4H3. The number of Topliss-reactive ketones (excluding diaryl/α,β-unsaturated/α-hetero) is 1. The van der Waals surface area contributed by atoms with Crippen LogP contribution in [-0.4, -0.2) is 17.0 Å². The largest absolute Gasteiger partial charge is 0.393 e. The van der Waals surface area contributed by atoms with E-state index in [9.17, 15) is 9.90 Å². The fraction of sp³-hybridized carbons (Fsp3) is 0.750. The molecule has 0 spiro atoms. The van der Waals surface area contributed by atoms with E-state index in [1.807, 2.05) is 13.8 Å². The lowest BCUT2D eigenvalue weighted by molar-refractivity contribution is -0.120. The van der Waals surface area contributed by atoms with Crippen molar-refractivity contribution in [2.45, 2.75) is 46.1 Å². The Bertz CT molecular complexity index is 185. The molecule has 0 rings (SSSR count). The SMILES string of the molecule is C=CC(CC(=O)CCC)C(C)C(C)O. The van der Waals surface area contributed by atoms with Crippen LogP contribution in [0.4, 0.5) is 0 Å². The smallest absolute Gasteiger partial charge is 0.133 e. The highest BCUT2D eigenvalue weighted by atomic mass is 16.3. The number of hydrogen-bond acceptors (Lipinski definition) is 2. The van der Waals surface area contributed by atoms with Crippen molar-refractivity contribution >= 4 is 5.78 Å². The maximum Gasteiger partial charge on any atom is 0.133 e. The molecule has 3 atom stereocenters. The van der Waals surface area contributed by atoms with Crippen LogP contribution in [0.3, 0.4) is 0 Å². The molecule has 0 aromatic carbocycles. The van der Waals surface area contributed by atoms with Gasteiger partial charge in [-0.2, -0.15) is 0 Å². The van der Waals surface area contributed by atoms with Gasteiger partial charge < -0.3 is 5.11 Å². The molecule has 0 amide bonds. The zero-order valence-electron chi connectivity index (χ0n) is 9.49. The molecule has 14 heavy (non-hydrogen) atoms. The Morgan fingerprint density at radius 1 is 1.50 bits per heavy atom. The molecule has 2 heteroatoms. The number of carbonyl (C=O) groups excluding carboxylic acids is 1. The molecule has 0 saturated carbocycles. The maximum atomic E-state index is 11.4. The second-order valence-electron chi connectivity index (χ2n) is 3.99. The minimum Gasteiger partial charge on any atom is -0.393 e. The summed E-state index contributed by atoms with van der Waals surface area (Å²) in [5.41, 5.74) is 0. The molecule has 0 aliphatic heterocycles. The Hall–Kier alpha value is -0.630. The van der Waals surface area contributed by atoms with Crippen LogP contribution in [0.25, 0.3) is 0 Å². The fourth-order valence-corrected chi connectivity index (χ4v) is 1.49. The van der Waals surface area contributed by atoms with Gasteiger partial charge in [-0.25, -0.2) is 0 Å². The van der Waals surface area contributed by atoms with Crippen molar-refractivity contribution in [2.24, 2.45) is 11.8 Å². The van der Waals surface area contributed by atoms with Crippen molar-refractivity contribution in [3.63, 3.8) is 0 Å². The van der Waals surface area contributed by atoms with E-state index >= 15 is 0 Å². The Morgan fingerprint density at radius 2 is 2.07 bits per heavy atom. The number of aliphatic hydroxyl groups is 1. The first-order chi connectivity index (χ1) is 6.52. The Labute approximate surface area is 87.0 Å². The summed E-state index contributed by atoms with van der Waals surface area (Å²) in [6.45, 7) is 9.42.